The van der Waals surface area contributed by atoms with Gasteiger partial charge in [0.2, 0.25) is 5.03 Å². The first-order chi connectivity index (χ1) is 7.61. The van der Waals surface area contributed by atoms with E-state index in [-0.39, 0.29) is 0 Å². The molecule has 0 aromatic carbocycles. The Morgan fingerprint density at radius 2 is 1.69 bits per heavy atom. The molecule has 2 rings (SSSR count). The van der Waals surface area contributed by atoms with E-state index in [0.29, 0.717) is 0 Å². The number of pyridine rings is 1. The van der Waals surface area contributed by atoms with Crippen molar-refractivity contribution in [2.75, 3.05) is 0 Å². The lowest BCUT2D eigenvalue weighted by atomic mass is 10.5. The summed E-state index contributed by atoms with van der Waals surface area (Å²) < 4.78 is 28.9. The van der Waals surface area contributed by atoms with Crippen LogP contribution < -0.4 is 0 Å². The van der Waals surface area contributed by atoms with Crippen molar-refractivity contribution in [3.8, 4) is 0 Å². The van der Waals surface area contributed by atoms with Gasteiger partial charge in [-0.3, -0.25) is 9.54 Å². The zero-order valence-corrected chi connectivity index (χ0v) is 8.95. The second-order valence-electron chi connectivity index (χ2n) is 2.56. The number of nitrogens with zero attached hydrogens (tertiary/aromatic N) is 3. The van der Waals surface area contributed by atoms with Crippen LogP contribution in [0.3, 0.4) is 0 Å². The van der Waals surface area contributed by atoms with Crippen molar-refractivity contribution >= 4 is 10.1 Å². The van der Waals surface area contributed by atoms with Crippen molar-refractivity contribution in [1.29, 1.82) is 0 Å². The topological polar surface area (TPSA) is 93.0 Å². The third kappa shape index (κ3) is 4.58. The van der Waals surface area contributed by atoms with Gasteiger partial charge in [-0.25, -0.2) is 0 Å². The van der Waals surface area contributed by atoms with Crippen molar-refractivity contribution in [3.63, 3.8) is 0 Å². The first kappa shape index (κ1) is 12.2. The Morgan fingerprint density at radius 1 is 1.00 bits per heavy atom. The van der Waals surface area contributed by atoms with Gasteiger partial charge in [0.05, 0.1) is 0 Å². The highest BCUT2D eigenvalue weighted by Crippen LogP contribution is 1.98. The molecule has 0 atom stereocenters. The average molecular weight is 239 g/mol. The normalized spacial score (nSPS) is 10.1. The maximum absolute atomic E-state index is 10.3. The predicted octanol–water partition coefficient (Wildman–Crippen LogP) is 0.805. The maximum atomic E-state index is 10.3. The van der Waals surface area contributed by atoms with E-state index in [0.717, 1.165) is 6.07 Å². The molecule has 0 bridgehead atoms. The van der Waals surface area contributed by atoms with E-state index < -0.39 is 15.1 Å². The van der Waals surface area contributed by atoms with Crippen molar-refractivity contribution in [2.24, 2.45) is 0 Å². The molecule has 2 aromatic rings. The van der Waals surface area contributed by atoms with Gasteiger partial charge in [-0.15, -0.1) is 5.10 Å². The Kier molecular flexibility index (Phi) is 4.49. The van der Waals surface area contributed by atoms with Crippen LogP contribution in [0.25, 0.3) is 0 Å². The zero-order chi connectivity index (χ0) is 11.9. The van der Waals surface area contributed by atoms with Gasteiger partial charge in [0.1, 0.15) is 0 Å². The Balaban J connectivity index is 0.000000181. The highest BCUT2D eigenvalue weighted by atomic mass is 32.2. The Labute approximate surface area is 92.8 Å². The van der Waals surface area contributed by atoms with Crippen LogP contribution in [0.2, 0.25) is 0 Å². The van der Waals surface area contributed by atoms with E-state index in [4.69, 9.17) is 4.55 Å². The fraction of sp³-hybridized carbons (Fsp3) is 0. The molecule has 0 saturated heterocycles. The molecule has 1 N–H and O–H groups in total. The average Bonchev–Trinajstić information content (AvgIpc) is 2.32. The SMILES string of the molecule is O=S(=O)(O)c1cccnn1.c1ccncc1. The Morgan fingerprint density at radius 3 is 1.94 bits per heavy atom. The van der Waals surface area contributed by atoms with Crippen LogP contribution >= 0.6 is 0 Å². The van der Waals surface area contributed by atoms with E-state index in [2.05, 4.69) is 15.2 Å². The van der Waals surface area contributed by atoms with Crippen LogP contribution in [0.1, 0.15) is 0 Å². The molecule has 0 spiro atoms. The molecule has 0 aliphatic rings. The predicted molar refractivity (Wildman–Crippen MR) is 56.1 cm³/mol. The summed E-state index contributed by atoms with van der Waals surface area (Å²) in [4.78, 5) is 3.78. The second kappa shape index (κ2) is 5.89. The number of hydrogen-bond acceptors (Lipinski definition) is 5. The van der Waals surface area contributed by atoms with Crippen molar-refractivity contribution in [1.82, 2.24) is 15.2 Å². The molecule has 2 heterocycles. The lowest BCUT2D eigenvalue weighted by Crippen LogP contribution is -2.01. The minimum atomic E-state index is -4.18. The molecule has 0 aliphatic heterocycles. The molecule has 7 heteroatoms. The standard InChI is InChI=1S/C5H5N.C4H4N2O3S/c1-2-4-6-5-3-1;7-10(8,9)4-2-1-3-5-6-4/h1-5H;1-3H,(H,7,8,9). The molecule has 0 amide bonds. The van der Waals surface area contributed by atoms with Crippen LogP contribution in [0.4, 0.5) is 0 Å². The summed E-state index contributed by atoms with van der Waals surface area (Å²) in [6.07, 6.45) is 4.81. The van der Waals surface area contributed by atoms with E-state index >= 15 is 0 Å². The highest BCUT2D eigenvalue weighted by molar-refractivity contribution is 7.85. The fourth-order valence-electron chi connectivity index (χ4n) is 0.738. The minimum absolute atomic E-state index is 0.435. The first-order valence-corrected chi connectivity index (χ1v) is 5.65. The summed E-state index contributed by atoms with van der Waals surface area (Å²) >= 11 is 0. The van der Waals surface area contributed by atoms with Gasteiger partial charge in [-0.1, -0.05) is 6.07 Å². The molecule has 2 aromatic heterocycles. The van der Waals surface area contributed by atoms with E-state index in [1.165, 1.54) is 12.3 Å². The van der Waals surface area contributed by atoms with Crippen LogP contribution in [0.15, 0.2) is 53.9 Å². The summed E-state index contributed by atoms with van der Waals surface area (Å²) in [5.41, 5.74) is 0. The smallest absolute Gasteiger partial charge is 0.281 e. The highest BCUT2D eigenvalue weighted by Gasteiger charge is 2.09. The van der Waals surface area contributed by atoms with Gasteiger partial charge in [0.25, 0.3) is 0 Å². The lowest BCUT2D eigenvalue weighted by Gasteiger charge is -1.89. The van der Waals surface area contributed by atoms with Crippen molar-refractivity contribution in [3.05, 3.63) is 48.9 Å². The van der Waals surface area contributed by atoms with Crippen LogP contribution in [-0.2, 0) is 10.1 Å². The van der Waals surface area contributed by atoms with Gasteiger partial charge < -0.3 is 0 Å². The third-order valence-electron chi connectivity index (χ3n) is 1.38. The van der Waals surface area contributed by atoms with Gasteiger partial charge >= 0.3 is 10.1 Å². The lowest BCUT2D eigenvalue weighted by molar-refractivity contribution is 0.477. The van der Waals surface area contributed by atoms with Crippen LogP contribution in [0.5, 0.6) is 0 Å². The molecule has 0 saturated carbocycles. The van der Waals surface area contributed by atoms with Crippen LogP contribution in [0, 0.1) is 0 Å². The number of hydrogen-bond donors (Lipinski definition) is 1. The molecular weight excluding hydrogens is 230 g/mol. The number of aromatic nitrogens is 3. The summed E-state index contributed by atoms with van der Waals surface area (Å²) in [5.74, 6) is 0. The van der Waals surface area contributed by atoms with Gasteiger partial charge in [-0.05, 0) is 24.3 Å². The summed E-state index contributed by atoms with van der Waals surface area (Å²) in [6, 6.07) is 8.24. The maximum Gasteiger partial charge on any atom is 0.314 e. The molecular formula is C9H9N3O3S. The fourth-order valence-corrected chi connectivity index (χ4v) is 1.14. The second-order valence-corrected chi connectivity index (χ2v) is 3.93. The third-order valence-corrected chi connectivity index (χ3v) is 2.12. The van der Waals surface area contributed by atoms with E-state index in [1.54, 1.807) is 12.4 Å². The van der Waals surface area contributed by atoms with Crippen LogP contribution in [-0.4, -0.2) is 28.2 Å². The Bertz CT molecular complexity index is 475. The molecule has 0 aliphatic carbocycles. The van der Waals surface area contributed by atoms with E-state index in [9.17, 15) is 8.42 Å². The summed E-state index contributed by atoms with van der Waals surface area (Å²) in [5, 5.41) is 5.99. The van der Waals surface area contributed by atoms with Gasteiger partial charge in [0, 0.05) is 18.6 Å². The summed E-state index contributed by atoms with van der Waals surface area (Å²) in [6.45, 7) is 0. The molecule has 84 valence electrons. The minimum Gasteiger partial charge on any atom is -0.281 e. The molecule has 6 nitrogen and oxygen atoms in total. The molecule has 0 radical (unpaired) electrons. The van der Waals surface area contributed by atoms with Crippen molar-refractivity contribution in [2.45, 2.75) is 5.03 Å². The number of rotatable bonds is 1. The van der Waals surface area contributed by atoms with Gasteiger partial charge in [0.15, 0.2) is 0 Å². The van der Waals surface area contributed by atoms with Crippen molar-refractivity contribution < 1.29 is 13.0 Å². The Hall–Kier alpha value is -1.86. The molecule has 0 unspecified atom stereocenters. The van der Waals surface area contributed by atoms with Gasteiger partial charge in [-0.2, -0.15) is 13.5 Å². The molecule has 16 heavy (non-hydrogen) atoms. The summed E-state index contributed by atoms with van der Waals surface area (Å²) in [7, 11) is -4.18. The zero-order valence-electron chi connectivity index (χ0n) is 8.13. The largest absolute Gasteiger partial charge is 0.314 e. The monoisotopic (exact) mass is 239 g/mol. The van der Waals surface area contributed by atoms with E-state index in [1.807, 2.05) is 18.2 Å². The quantitative estimate of drug-likeness (QED) is 0.740. The first-order valence-electron chi connectivity index (χ1n) is 4.21. The molecule has 0 fully saturated rings.